The molecule has 3 amide bonds. The van der Waals surface area contributed by atoms with Gasteiger partial charge in [-0.1, -0.05) is 0 Å². The normalized spacial score (nSPS) is 19.5. The number of anilines is 2. The Labute approximate surface area is 177 Å². The SMILES string of the molecule is CN(CC(=O)Nc1ccc(N2CCOCC2)cc1)C(=O)C1CC(=O)N(CC(F)(F)F)C1. The molecule has 0 aromatic heterocycles. The smallest absolute Gasteiger partial charge is 0.378 e. The first kappa shape index (κ1) is 22.9. The molecule has 1 aromatic rings. The van der Waals surface area contributed by atoms with Crippen molar-refractivity contribution in [1.29, 1.82) is 0 Å². The monoisotopic (exact) mass is 442 g/mol. The van der Waals surface area contributed by atoms with Crippen molar-refractivity contribution in [2.24, 2.45) is 5.92 Å². The predicted molar refractivity (Wildman–Crippen MR) is 106 cm³/mol. The van der Waals surface area contributed by atoms with Crippen molar-refractivity contribution in [3.05, 3.63) is 24.3 Å². The Morgan fingerprint density at radius 3 is 2.45 bits per heavy atom. The Balaban J connectivity index is 1.48. The van der Waals surface area contributed by atoms with Gasteiger partial charge in [0.15, 0.2) is 0 Å². The average molecular weight is 442 g/mol. The first-order chi connectivity index (χ1) is 14.6. The lowest BCUT2D eigenvalue weighted by atomic mass is 10.1. The number of nitrogens with one attached hydrogen (secondary N) is 1. The molecular formula is C20H25F3N4O4. The van der Waals surface area contributed by atoms with Crippen LogP contribution >= 0.6 is 0 Å². The molecule has 31 heavy (non-hydrogen) atoms. The minimum Gasteiger partial charge on any atom is -0.378 e. The highest BCUT2D eigenvalue weighted by Crippen LogP contribution is 2.25. The van der Waals surface area contributed by atoms with Gasteiger partial charge in [-0.05, 0) is 24.3 Å². The van der Waals surface area contributed by atoms with Gasteiger partial charge in [-0.2, -0.15) is 13.2 Å². The maximum Gasteiger partial charge on any atom is 0.406 e. The van der Waals surface area contributed by atoms with Crippen molar-refractivity contribution in [1.82, 2.24) is 9.80 Å². The highest BCUT2D eigenvalue weighted by Gasteiger charge is 2.41. The number of alkyl halides is 3. The van der Waals surface area contributed by atoms with Crippen LogP contribution in [-0.2, 0) is 19.1 Å². The largest absolute Gasteiger partial charge is 0.406 e. The molecule has 2 heterocycles. The fourth-order valence-electron chi connectivity index (χ4n) is 3.69. The number of hydrogen-bond acceptors (Lipinski definition) is 5. The van der Waals surface area contributed by atoms with E-state index in [2.05, 4.69) is 10.2 Å². The molecule has 1 N–H and O–H groups in total. The number of carbonyl (C=O) groups is 3. The summed E-state index contributed by atoms with van der Waals surface area (Å²) in [7, 11) is 1.39. The van der Waals surface area contributed by atoms with Crippen molar-refractivity contribution < 1.29 is 32.3 Å². The van der Waals surface area contributed by atoms with Crippen LogP contribution in [0.15, 0.2) is 24.3 Å². The molecule has 0 bridgehead atoms. The summed E-state index contributed by atoms with van der Waals surface area (Å²) in [4.78, 5) is 40.5. The standard InChI is InChI=1S/C20H25F3N4O4/c1-25(19(30)14-10-18(29)27(11-14)13-20(21,22)23)12-17(28)24-15-2-4-16(5-3-15)26-6-8-31-9-7-26/h2-5,14H,6-13H2,1H3,(H,24,28). The van der Waals surface area contributed by atoms with Gasteiger partial charge in [-0.25, -0.2) is 0 Å². The van der Waals surface area contributed by atoms with Crippen LogP contribution < -0.4 is 10.2 Å². The van der Waals surface area contributed by atoms with Gasteiger partial charge in [-0.15, -0.1) is 0 Å². The molecule has 2 aliphatic rings. The highest BCUT2D eigenvalue weighted by molar-refractivity contribution is 5.96. The van der Waals surface area contributed by atoms with E-state index in [1.807, 2.05) is 12.1 Å². The maximum atomic E-state index is 12.5. The lowest BCUT2D eigenvalue weighted by Crippen LogP contribution is -2.40. The van der Waals surface area contributed by atoms with Gasteiger partial charge in [-0.3, -0.25) is 14.4 Å². The first-order valence-electron chi connectivity index (χ1n) is 9.94. The second-order valence-corrected chi connectivity index (χ2v) is 7.68. The van der Waals surface area contributed by atoms with Crippen LogP contribution in [0, 0.1) is 5.92 Å². The molecule has 3 rings (SSSR count). The van der Waals surface area contributed by atoms with Gasteiger partial charge in [0.25, 0.3) is 0 Å². The molecule has 0 spiro atoms. The Kier molecular flexibility index (Phi) is 7.04. The van der Waals surface area contributed by atoms with E-state index in [9.17, 15) is 27.6 Å². The van der Waals surface area contributed by atoms with Gasteiger partial charge >= 0.3 is 6.18 Å². The third-order valence-electron chi connectivity index (χ3n) is 5.22. The molecule has 2 aliphatic heterocycles. The van der Waals surface area contributed by atoms with E-state index in [0.29, 0.717) is 23.8 Å². The summed E-state index contributed by atoms with van der Waals surface area (Å²) in [6.45, 7) is 0.977. The summed E-state index contributed by atoms with van der Waals surface area (Å²) in [6.07, 6.45) is -4.80. The molecule has 1 aromatic carbocycles. The zero-order valence-corrected chi connectivity index (χ0v) is 17.2. The fraction of sp³-hybridized carbons (Fsp3) is 0.550. The predicted octanol–water partition coefficient (Wildman–Crippen LogP) is 1.33. The number of carbonyl (C=O) groups excluding carboxylic acids is 3. The number of ether oxygens (including phenoxy) is 1. The number of morpholine rings is 1. The molecule has 1 atom stereocenters. The second kappa shape index (κ2) is 9.54. The number of halogens is 3. The summed E-state index contributed by atoms with van der Waals surface area (Å²) in [5.41, 5.74) is 1.58. The van der Waals surface area contributed by atoms with Gasteiger partial charge in [0, 0.05) is 44.5 Å². The minimum atomic E-state index is -4.52. The summed E-state index contributed by atoms with van der Waals surface area (Å²) >= 11 is 0. The summed E-state index contributed by atoms with van der Waals surface area (Å²) in [5, 5.41) is 2.69. The molecule has 0 saturated carbocycles. The highest BCUT2D eigenvalue weighted by atomic mass is 19.4. The van der Waals surface area contributed by atoms with Gasteiger partial charge < -0.3 is 24.8 Å². The number of hydrogen-bond donors (Lipinski definition) is 1. The van der Waals surface area contributed by atoms with E-state index in [4.69, 9.17) is 4.74 Å². The zero-order valence-electron chi connectivity index (χ0n) is 17.2. The Morgan fingerprint density at radius 2 is 1.84 bits per heavy atom. The van der Waals surface area contributed by atoms with E-state index in [0.717, 1.165) is 23.7 Å². The number of likely N-dealkylation sites (N-methyl/N-ethyl adjacent to an activating group) is 1. The lowest BCUT2D eigenvalue weighted by Gasteiger charge is -2.29. The van der Waals surface area contributed by atoms with Crippen LogP contribution in [0.4, 0.5) is 24.5 Å². The number of nitrogens with zero attached hydrogens (tertiary/aromatic N) is 3. The van der Waals surface area contributed by atoms with Crippen LogP contribution in [0.5, 0.6) is 0 Å². The van der Waals surface area contributed by atoms with Crippen molar-refractivity contribution >= 4 is 29.1 Å². The number of amides is 3. The lowest BCUT2D eigenvalue weighted by molar-refractivity contribution is -0.157. The molecule has 2 fully saturated rings. The van der Waals surface area contributed by atoms with E-state index >= 15 is 0 Å². The van der Waals surface area contributed by atoms with Crippen molar-refractivity contribution in [3.63, 3.8) is 0 Å². The Bertz CT molecular complexity index is 810. The molecular weight excluding hydrogens is 417 g/mol. The van der Waals surface area contributed by atoms with E-state index in [-0.39, 0.29) is 19.5 Å². The van der Waals surface area contributed by atoms with Crippen molar-refractivity contribution in [2.75, 3.05) is 63.2 Å². The molecule has 170 valence electrons. The third kappa shape index (κ3) is 6.33. The van der Waals surface area contributed by atoms with E-state index in [1.165, 1.54) is 7.05 Å². The first-order valence-corrected chi connectivity index (χ1v) is 9.94. The number of rotatable bonds is 6. The number of benzene rings is 1. The van der Waals surface area contributed by atoms with Crippen LogP contribution in [0.25, 0.3) is 0 Å². The zero-order chi connectivity index (χ0) is 22.6. The van der Waals surface area contributed by atoms with Crippen LogP contribution in [-0.4, -0.2) is 86.7 Å². The van der Waals surface area contributed by atoms with Crippen molar-refractivity contribution in [2.45, 2.75) is 12.6 Å². The van der Waals surface area contributed by atoms with Crippen LogP contribution in [0.3, 0.4) is 0 Å². The maximum absolute atomic E-state index is 12.5. The van der Waals surface area contributed by atoms with Gasteiger partial charge in [0.1, 0.15) is 6.54 Å². The molecule has 0 aliphatic carbocycles. The van der Waals surface area contributed by atoms with Gasteiger partial charge in [0.2, 0.25) is 17.7 Å². The van der Waals surface area contributed by atoms with Crippen LogP contribution in [0.2, 0.25) is 0 Å². The van der Waals surface area contributed by atoms with E-state index in [1.54, 1.807) is 12.1 Å². The average Bonchev–Trinajstić information content (AvgIpc) is 3.07. The third-order valence-corrected chi connectivity index (χ3v) is 5.22. The topological polar surface area (TPSA) is 82.2 Å². The molecule has 8 nitrogen and oxygen atoms in total. The second-order valence-electron chi connectivity index (χ2n) is 7.68. The minimum absolute atomic E-state index is 0.270. The van der Waals surface area contributed by atoms with E-state index < -0.39 is 36.4 Å². The summed E-state index contributed by atoms with van der Waals surface area (Å²) in [5.74, 6) is -2.57. The molecule has 2 saturated heterocycles. The molecule has 11 heteroatoms. The fourth-order valence-corrected chi connectivity index (χ4v) is 3.69. The van der Waals surface area contributed by atoms with Gasteiger partial charge in [0.05, 0.1) is 25.7 Å². The molecule has 0 radical (unpaired) electrons. The quantitative estimate of drug-likeness (QED) is 0.719. The Morgan fingerprint density at radius 1 is 1.19 bits per heavy atom. The van der Waals surface area contributed by atoms with Crippen molar-refractivity contribution in [3.8, 4) is 0 Å². The summed E-state index contributed by atoms with van der Waals surface area (Å²) < 4.78 is 42.9. The summed E-state index contributed by atoms with van der Waals surface area (Å²) in [6, 6.07) is 7.29. The van der Waals surface area contributed by atoms with Crippen LogP contribution in [0.1, 0.15) is 6.42 Å². The Hall–Kier alpha value is -2.82. The molecule has 1 unspecified atom stereocenters. The number of likely N-dealkylation sites (tertiary alicyclic amines) is 1.